The molecule has 1 amide bonds. The fourth-order valence-electron chi connectivity index (χ4n) is 2.84. The van der Waals surface area contributed by atoms with Crippen LogP contribution in [-0.4, -0.2) is 25.4 Å². The van der Waals surface area contributed by atoms with E-state index in [4.69, 9.17) is 0 Å². The van der Waals surface area contributed by atoms with Crippen LogP contribution < -0.4 is 5.32 Å². The van der Waals surface area contributed by atoms with Gasteiger partial charge in [-0.3, -0.25) is 4.79 Å². The summed E-state index contributed by atoms with van der Waals surface area (Å²) in [6, 6.07) is 11.5. The molecule has 4 aromatic rings. The number of aryl methyl sites for hydroxylation is 2. The summed E-state index contributed by atoms with van der Waals surface area (Å²) in [4.78, 5) is 24.0. The lowest BCUT2D eigenvalue weighted by molar-refractivity contribution is 0.0951. The van der Waals surface area contributed by atoms with Gasteiger partial charge in [-0.2, -0.15) is 0 Å². The summed E-state index contributed by atoms with van der Waals surface area (Å²) in [5.41, 5.74) is 5.38. The van der Waals surface area contributed by atoms with E-state index in [1.807, 2.05) is 44.3 Å². The number of imidazole rings is 2. The first kappa shape index (κ1) is 14.4. The lowest BCUT2D eigenvalue weighted by Gasteiger charge is -2.06. The van der Waals surface area contributed by atoms with Gasteiger partial charge >= 0.3 is 0 Å². The summed E-state index contributed by atoms with van der Waals surface area (Å²) in [5.74, 6) is 0.864. The number of carbonyl (C=O) groups is 1. The van der Waals surface area contributed by atoms with Gasteiger partial charge in [-0.15, -0.1) is 0 Å². The van der Waals surface area contributed by atoms with Crippen molar-refractivity contribution < 1.29 is 4.79 Å². The van der Waals surface area contributed by atoms with Gasteiger partial charge < -0.3 is 14.9 Å². The number of amides is 1. The molecule has 0 radical (unpaired) electrons. The van der Waals surface area contributed by atoms with Crippen LogP contribution in [0.25, 0.3) is 22.1 Å². The smallest absolute Gasteiger partial charge is 0.251 e. The maximum Gasteiger partial charge on any atom is 0.251 e. The van der Waals surface area contributed by atoms with E-state index in [1.165, 1.54) is 0 Å². The van der Waals surface area contributed by atoms with Crippen molar-refractivity contribution in [3.05, 3.63) is 59.7 Å². The molecular formula is C18H17N5O. The lowest BCUT2D eigenvalue weighted by Crippen LogP contribution is -2.22. The van der Waals surface area contributed by atoms with Crippen LogP contribution in [0.5, 0.6) is 0 Å². The first-order valence-electron chi connectivity index (χ1n) is 7.75. The van der Waals surface area contributed by atoms with Crippen molar-refractivity contribution in [2.45, 2.75) is 13.5 Å². The Hall–Kier alpha value is -3.15. The first-order chi connectivity index (χ1) is 11.6. The van der Waals surface area contributed by atoms with Crippen molar-refractivity contribution in [1.82, 2.24) is 24.8 Å². The van der Waals surface area contributed by atoms with Gasteiger partial charge in [0, 0.05) is 19.2 Å². The predicted octanol–water partition coefficient (Wildman–Crippen LogP) is 2.69. The first-order valence-corrected chi connectivity index (χ1v) is 7.75. The minimum atomic E-state index is -0.108. The van der Waals surface area contributed by atoms with Crippen molar-refractivity contribution in [3.63, 3.8) is 0 Å². The van der Waals surface area contributed by atoms with E-state index in [9.17, 15) is 4.79 Å². The van der Waals surface area contributed by atoms with E-state index in [2.05, 4.69) is 24.8 Å². The quantitative estimate of drug-likeness (QED) is 0.609. The van der Waals surface area contributed by atoms with Gasteiger partial charge in [-0.05, 0) is 42.8 Å². The van der Waals surface area contributed by atoms with Gasteiger partial charge in [0.1, 0.15) is 5.82 Å². The maximum absolute atomic E-state index is 12.3. The van der Waals surface area contributed by atoms with Gasteiger partial charge in [0.25, 0.3) is 5.91 Å². The second-order valence-corrected chi connectivity index (χ2v) is 5.86. The highest BCUT2D eigenvalue weighted by Gasteiger charge is 2.09. The topological polar surface area (TPSA) is 75.6 Å². The summed E-state index contributed by atoms with van der Waals surface area (Å²) in [7, 11) is 2.00. The number of rotatable bonds is 3. The van der Waals surface area contributed by atoms with Crippen LogP contribution in [0, 0.1) is 6.92 Å². The number of hydrogen-bond acceptors (Lipinski definition) is 3. The molecule has 0 aliphatic heterocycles. The van der Waals surface area contributed by atoms with E-state index in [1.54, 1.807) is 12.4 Å². The van der Waals surface area contributed by atoms with Gasteiger partial charge in [0.15, 0.2) is 0 Å². The molecule has 0 aliphatic carbocycles. The van der Waals surface area contributed by atoms with Gasteiger partial charge in [-0.1, -0.05) is 6.07 Å². The Morgan fingerprint density at radius 3 is 2.96 bits per heavy atom. The fourth-order valence-corrected chi connectivity index (χ4v) is 2.84. The number of aromatic amines is 1. The van der Waals surface area contributed by atoms with Crippen LogP contribution in [0.15, 0.2) is 42.7 Å². The normalized spacial score (nSPS) is 11.2. The van der Waals surface area contributed by atoms with E-state index in [0.717, 1.165) is 33.5 Å². The Kier molecular flexibility index (Phi) is 3.30. The lowest BCUT2D eigenvalue weighted by atomic mass is 10.1. The number of fused-ring (bicyclic) bond motifs is 2. The second kappa shape index (κ2) is 5.49. The van der Waals surface area contributed by atoms with E-state index >= 15 is 0 Å². The Balaban J connectivity index is 1.52. The van der Waals surface area contributed by atoms with E-state index in [0.29, 0.717) is 12.1 Å². The zero-order valence-corrected chi connectivity index (χ0v) is 13.5. The molecule has 6 heteroatoms. The average molecular weight is 319 g/mol. The second-order valence-electron chi connectivity index (χ2n) is 5.86. The van der Waals surface area contributed by atoms with Gasteiger partial charge in [-0.25, -0.2) is 9.97 Å². The molecule has 24 heavy (non-hydrogen) atoms. The fraction of sp³-hybridized carbons (Fsp3) is 0.167. The van der Waals surface area contributed by atoms with Crippen molar-refractivity contribution in [2.24, 2.45) is 7.05 Å². The Morgan fingerprint density at radius 2 is 2.08 bits per heavy atom. The maximum atomic E-state index is 12.3. The van der Waals surface area contributed by atoms with Gasteiger partial charge in [0.2, 0.25) is 0 Å². The Labute approximate surface area is 138 Å². The van der Waals surface area contributed by atoms with Crippen LogP contribution in [-0.2, 0) is 13.6 Å². The third-order valence-electron chi connectivity index (χ3n) is 4.30. The predicted molar refractivity (Wildman–Crippen MR) is 92.7 cm³/mol. The molecule has 120 valence electrons. The molecular weight excluding hydrogens is 302 g/mol. The molecule has 0 saturated carbocycles. The van der Waals surface area contributed by atoms with Crippen LogP contribution in [0.1, 0.15) is 21.7 Å². The van der Waals surface area contributed by atoms with E-state index in [-0.39, 0.29) is 5.91 Å². The van der Waals surface area contributed by atoms with Gasteiger partial charge in [0.05, 0.1) is 28.4 Å². The molecule has 2 aromatic carbocycles. The number of H-pyrrole nitrogens is 1. The highest BCUT2D eigenvalue weighted by molar-refractivity contribution is 5.97. The third-order valence-corrected chi connectivity index (χ3v) is 4.30. The van der Waals surface area contributed by atoms with Crippen LogP contribution in [0.3, 0.4) is 0 Å². The number of carbonyl (C=O) groups excluding carboxylic acids is 1. The Bertz CT molecular complexity index is 1060. The van der Waals surface area contributed by atoms with E-state index < -0.39 is 0 Å². The summed E-state index contributed by atoms with van der Waals surface area (Å²) < 4.78 is 2.05. The molecule has 2 N–H and O–H groups in total. The molecule has 2 heterocycles. The molecule has 2 aromatic heterocycles. The standard InChI is InChI=1S/C18H17N5O/c1-11-22-16-7-12(3-6-17(16)23(11)2)9-19-18(24)13-4-5-14-15(8-13)21-10-20-14/h3-8,10H,9H2,1-2H3,(H,19,24)(H,20,21). The SMILES string of the molecule is Cc1nc2cc(CNC(=O)c3ccc4nc[nH]c4c3)ccc2n1C. The molecule has 0 unspecified atom stereocenters. The van der Waals surface area contributed by atoms with Crippen LogP contribution >= 0.6 is 0 Å². The molecule has 0 fully saturated rings. The zero-order chi connectivity index (χ0) is 16.7. The summed E-state index contributed by atoms with van der Waals surface area (Å²) in [5, 5.41) is 2.95. The highest BCUT2D eigenvalue weighted by atomic mass is 16.1. The molecule has 0 atom stereocenters. The molecule has 0 bridgehead atoms. The third kappa shape index (κ3) is 2.42. The number of aromatic nitrogens is 4. The summed E-state index contributed by atoms with van der Waals surface area (Å²) >= 11 is 0. The number of hydrogen-bond donors (Lipinski definition) is 2. The summed E-state index contributed by atoms with van der Waals surface area (Å²) in [6.07, 6.45) is 1.62. The van der Waals surface area contributed by atoms with Crippen molar-refractivity contribution in [3.8, 4) is 0 Å². The Morgan fingerprint density at radius 1 is 1.21 bits per heavy atom. The molecule has 0 spiro atoms. The van der Waals surface area contributed by atoms with Crippen LogP contribution in [0.4, 0.5) is 0 Å². The molecule has 0 saturated heterocycles. The number of nitrogens with one attached hydrogen (secondary N) is 2. The number of nitrogens with zero attached hydrogens (tertiary/aromatic N) is 3. The van der Waals surface area contributed by atoms with Crippen molar-refractivity contribution in [2.75, 3.05) is 0 Å². The molecule has 6 nitrogen and oxygen atoms in total. The number of benzene rings is 2. The molecule has 4 rings (SSSR count). The highest BCUT2D eigenvalue weighted by Crippen LogP contribution is 2.17. The van der Waals surface area contributed by atoms with Crippen molar-refractivity contribution in [1.29, 1.82) is 0 Å². The minimum Gasteiger partial charge on any atom is -0.348 e. The van der Waals surface area contributed by atoms with Crippen molar-refractivity contribution >= 4 is 28.0 Å². The monoisotopic (exact) mass is 319 g/mol. The van der Waals surface area contributed by atoms with Crippen LogP contribution in [0.2, 0.25) is 0 Å². The minimum absolute atomic E-state index is 0.108. The summed E-state index contributed by atoms with van der Waals surface area (Å²) in [6.45, 7) is 2.44. The molecule has 0 aliphatic rings. The zero-order valence-electron chi connectivity index (χ0n) is 13.5. The average Bonchev–Trinajstić information content (AvgIpc) is 3.16. The largest absolute Gasteiger partial charge is 0.348 e.